The first-order valence-corrected chi connectivity index (χ1v) is 3.78. The first kappa shape index (κ1) is 8.36. The minimum Gasteiger partial charge on any atom is -0.503 e. The van der Waals surface area contributed by atoms with E-state index < -0.39 is 16.6 Å². The second-order valence-corrected chi connectivity index (χ2v) is 2.78. The highest BCUT2D eigenvalue weighted by Crippen LogP contribution is 2.38. The molecule has 0 radical (unpaired) electrons. The van der Waals surface area contributed by atoms with Gasteiger partial charge in [-0.1, -0.05) is 6.07 Å². The van der Waals surface area contributed by atoms with E-state index >= 15 is 0 Å². The fraction of sp³-hybridized carbons (Fsp3) is 0. The summed E-state index contributed by atoms with van der Waals surface area (Å²) in [4.78, 5) is 12.4. The molecule has 0 atom stereocenters. The third kappa shape index (κ3) is 0.972. The van der Waals surface area contributed by atoms with Gasteiger partial charge in [0.05, 0.1) is 10.4 Å². The molecule has 0 saturated carbocycles. The number of nitro benzene ring substituents is 1. The van der Waals surface area contributed by atoms with E-state index in [0.717, 1.165) is 0 Å². The maximum absolute atomic E-state index is 10.6. The highest BCUT2D eigenvalue weighted by molar-refractivity contribution is 5.96. The maximum Gasteiger partial charge on any atom is 0.282 e. The summed E-state index contributed by atoms with van der Waals surface area (Å²) in [6.45, 7) is 0. The molecule has 6 heteroatoms. The van der Waals surface area contributed by atoms with Gasteiger partial charge in [-0.15, -0.1) is 0 Å². The van der Waals surface area contributed by atoms with Crippen molar-refractivity contribution in [3.8, 4) is 11.6 Å². The Bertz CT molecular complexity index is 517. The van der Waals surface area contributed by atoms with Crippen molar-refractivity contribution in [1.29, 1.82) is 0 Å². The molecule has 0 amide bonds. The summed E-state index contributed by atoms with van der Waals surface area (Å²) >= 11 is 0. The van der Waals surface area contributed by atoms with Crippen LogP contribution in [0, 0.1) is 10.1 Å². The van der Waals surface area contributed by atoms with E-state index in [1.165, 1.54) is 18.2 Å². The summed E-state index contributed by atoms with van der Waals surface area (Å²) < 4.78 is 0. The third-order valence-electron chi connectivity index (χ3n) is 1.95. The number of nitro groups is 1. The van der Waals surface area contributed by atoms with Crippen LogP contribution in [0.4, 0.5) is 5.69 Å². The van der Waals surface area contributed by atoms with Crippen molar-refractivity contribution < 1.29 is 15.1 Å². The normalized spacial score (nSPS) is 10.6. The monoisotopic (exact) mass is 194 g/mol. The number of aromatic amines is 1. The number of hydrogen-bond donors (Lipinski definition) is 3. The summed E-state index contributed by atoms with van der Waals surface area (Å²) in [5.74, 6) is -0.957. The van der Waals surface area contributed by atoms with Gasteiger partial charge in [0.15, 0.2) is 5.75 Å². The second-order valence-electron chi connectivity index (χ2n) is 2.78. The molecule has 0 fully saturated rings. The van der Waals surface area contributed by atoms with Crippen LogP contribution in [0.1, 0.15) is 0 Å². The van der Waals surface area contributed by atoms with Crippen LogP contribution >= 0.6 is 0 Å². The van der Waals surface area contributed by atoms with Crippen LogP contribution in [0.3, 0.4) is 0 Å². The predicted molar refractivity (Wildman–Crippen MR) is 48.3 cm³/mol. The SMILES string of the molecule is O=[N+]([O-])c1cccc2[nH]c(O)c(O)c12. The molecule has 72 valence electrons. The quantitative estimate of drug-likeness (QED) is 0.473. The molecular formula is C8H6N2O4. The van der Waals surface area contributed by atoms with Gasteiger partial charge in [0.2, 0.25) is 5.88 Å². The largest absolute Gasteiger partial charge is 0.503 e. The molecule has 2 rings (SSSR count). The number of rotatable bonds is 1. The summed E-state index contributed by atoms with van der Waals surface area (Å²) in [6.07, 6.45) is 0. The number of fused-ring (bicyclic) bond motifs is 1. The highest BCUT2D eigenvalue weighted by Gasteiger charge is 2.19. The Kier molecular flexibility index (Phi) is 1.57. The van der Waals surface area contributed by atoms with E-state index in [2.05, 4.69) is 4.98 Å². The topological polar surface area (TPSA) is 99.4 Å². The molecule has 2 aromatic rings. The molecule has 3 N–H and O–H groups in total. The van der Waals surface area contributed by atoms with Crippen LogP contribution in [0.15, 0.2) is 18.2 Å². The first-order chi connectivity index (χ1) is 6.61. The van der Waals surface area contributed by atoms with Crippen LogP contribution in [0.25, 0.3) is 10.9 Å². The van der Waals surface area contributed by atoms with Gasteiger partial charge in [0, 0.05) is 6.07 Å². The molecule has 14 heavy (non-hydrogen) atoms. The van der Waals surface area contributed by atoms with E-state index in [-0.39, 0.29) is 11.1 Å². The highest BCUT2D eigenvalue weighted by atomic mass is 16.6. The number of nitrogens with one attached hydrogen (secondary N) is 1. The first-order valence-electron chi connectivity index (χ1n) is 3.78. The lowest BCUT2D eigenvalue weighted by Gasteiger charge is -1.93. The molecule has 0 spiro atoms. The predicted octanol–water partition coefficient (Wildman–Crippen LogP) is 1.49. The number of H-pyrrole nitrogens is 1. The van der Waals surface area contributed by atoms with Crippen LogP contribution in [-0.4, -0.2) is 20.1 Å². The summed E-state index contributed by atoms with van der Waals surface area (Å²) in [6, 6.07) is 4.26. The fourth-order valence-corrected chi connectivity index (χ4v) is 1.35. The Labute approximate surface area is 77.6 Å². The number of hydrogen-bond acceptors (Lipinski definition) is 4. The van der Waals surface area contributed by atoms with Crippen LogP contribution in [-0.2, 0) is 0 Å². The van der Waals surface area contributed by atoms with Crippen molar-refractivity contribution in [2.45, 2.75) is 0 Å². The van der Waals surface area contributed by atoms with Crippen molar-refractivity contribution in [2.75, 3.05) is 0 Å². The van der Waals surface area contributed by atoms with Gasteiger partial charge in [-0.05, 0) is 6.07 Å². The Morgan fingerprint density at radius 1 is 1.36 bits per heavy atom. The zero-order valence-corrected chi connectivity index (χ0v) is 6.89. The molecule has 0 aliphatic heterocycles. The number of nitrogens with zero attached hydrogens (tertiary/aromatic N) is 1. The molecule has 6 nitrogen and oxygen atoms in total. The smallest absolute Gasteiger partial charge is 0.282 e. The third-order valence-corrected chi connectivity index (χ3v) is 1.95. The van der Waals surface area contributed by atoms with Gasteiger partial charge in [0.1, 0.15) is 5.39 Å². The van der Waals surface area contributed by atoms with Crippen LogP contribution < -0.4 is 0 Å². The number of aromatic nitrogens is 1. The van der Waals surface area contributed by atoms with Crippen molar-refractivity contribution in [2.24, 2.45) is 0 Å². The van der Waals surface area contributed by atoms with Crippen LogP contribution in [0.2, 0.25) is 0 Å². The van der Waals surface area contributed by atoms with Gasteiger partial charge >= 0.3 is 0 Å². The lowest BCUT2D eigenvalue weighted by molar-refractivity contribution is -0.383. The molecular weight excluding hydrogens is 188 g/mol. The Morgan fingerprint density at radius 3 is 2.71 bits per heavy atom. The lowest BCUT2D eigenvalue weighted by atomic mass is 10.2. The van der Waals surface area contributed by atoms with E-state index in [9.17, 15) is 15.2 Å². The zero-order chi connectivity index (χ0) is 10.3. The van der Waals surface area contributed by atoms with Crippen molar-refractivity contribution >= 4 is 16.6 Å². The summed E-state index contributed by atoms with van der Waals surface area (Å²) in [7, 11) is 0. The standard InChI is InChI=1S/C8H6N2O4/c11-7-6-4(9-8(7)12)2-1-3-5(6)10(13)14/h1-3,9,11-12H. The van der Waals surface area contributed by atoms with E-state index in [1.807, 2.05) is 0 Å². The molecule has 0 bridgehead atoms. The van der Waals surface area contributed by atoms with E-state index in [1.54, 1.807) is 0 Å². The number of benzene rings is 1. The van der Waals surface area contributed by atoms with Gasteiger partial charge in [-0.3, -0.25) is 10.1 Å². The van der Waals surface area contributed by atoms with Crippen molar-refractivity contribution in [3.63, 3.8) is 0 Å². The van der Waals surface area contributed by atoms with Gasteiger partial charge in [-0.2, -0.15) is 0 Å². The van der Waals surface area contributed by atoms with Gasteiger partial charge in [-0.25, -0.2) is 0 Å². The second kappa shape index (κ2) is 2.63. The maximum atomic E-state index is 10.6. The van der Waals surface area contributed by atoms with Gasteiger partial charge < -0.3 is 15.2 Å². The zero-order valence-electron chi connectivity index (χ0n) is 6.89. The average Bonchev–Trinajstić information content (AvgIpc) is 2.43. The van der Waals surface area contributed by atoms with E-state index in [0.29, 0.717) is 5.52 Å². The fourth-order valence-electron chi connectivity index (χ4n) is 1.35. The lowest BCUT2D eigenvalue weighted by Crippen LogP contribution is -1.87. The molecule has 1 aromatic carbocycles. The minimum absolute atomic E-state index is 0.0231. The Hall–Kier alpha value is -2.24. The van der Waals surface area contributed by atoms with Gasteiger partial charge in [0.25, 0.3) is 5.69 Å². The molecule has 1 aromatic heterocycles. The van der Waals surface area contributed by atoms with Crippen molar-refractivity contribution in [1.82, 2.24) is 4.98 Å². The van der Waals surface area contributed by atoms with Crippen molar-refractivity contribution in [3.05, 3.63) is 28.3 Å². The van der Waals surface area contributed by atoms with Crippen LogP contribution in [0.5, 0.6) is 11.6 Å². The summed E-state index contributed by atoms with van der Waals surface area (Å²) in [5, 5.41) is 29.1. The average molecular weight is 194 g/mol. The Morgan fingerprint density at radius 2 is 2.07 bits per heavy atom. The summed E-state index contributed by atoms with van der Waals surface area (Å²) in [5.41, 5.74) is 0.0887. The molecule has 0 unspecified atom stereocenters. The molecule has 1 heterocycles. The Balaban J connectivity index is 2.91. The number of non-ortho nitro benzene ring substituents is 1. The number of aromatic hydroxyl groups is 2. The van der Waals surface area contributed by atoms with E-state index in [4.69, 9.17) is 5.11 Å². The molecule has 0 saturated heterocycles. The minimum atomic E-state index is -0.616. The molecule has 0 aliphatic carbocycles. The molecule has 0 aliphatic rings.